The molecule has 148 valence electrons. The summed E-state index contributed by atoms with van der Waals surface area (Å²) in [5, 5.41) is 4.20. The number of hydrogen-bond donors (Lipinski definition) is 1. The van der Waals surface area contributed by atoms with Crippen molar-refractivity contribution in [2.75, 3.05) is 11.1 Å². The first-order chi connectivity index (χ1) is 13.2. The molecule has 3 rings (SSSR count). The van der Waals surface area contributed by atoms with Crippen LogP contribution in [0.4, 0.5) is 5.69 Å². The first kappa shape index (κ1) is 21.1. The van der Waals surface area contributed by atoms with Crippen LogP contribution in [0.25, 0.3) is 10.2 Å². The van der Waals surface area contributed by atoms with Crippen molar-refractivity contribution in [3.8, 4) is 0 Å². The molecule has 0 atom stereocenters. The van der Waals surface area contributed by atoms with Gasteiger partial charge in [0.1, 0.15) is 4.83 Å². The molecule has 1 amide bonds. The van der Waals surface area contributed by atoms with E-state index in [0.29, 0.717) is 10.5 Å². The van der Waals surface area contributed by atoms with E-state index < -0.39 is 0 Å². The number of rotatable bonds is 5. The number of halogens is 1. The second-order valence-corrected chi connectivity index (χ2v) is 9.98. The third kappa shape index (κ3) is 4.18. The van der Waals surface area contributed by atoms with E-state index in [1.165, 1.54) is 23.1 Å². The molecule has 1 aromatic carbocycles. The summed E-state index contributed by atoms with van der Waals surface area (Å²) in [7, 11) is 0. The molecule has 0 spiro atoms. The van der Waals surface area contributed by atoms with Crippen LogP contribution in [-0.2, 0) is 4.79 Å². The number of anilines is 1. The minimum absolute atomic E-state index is 0.0338. The molecule has 3 aromatic rings. The number of aromatic nitrogens is 2. The largest absolute Gasteiger partial charge is 0.325 e. The van der Waals surface area contributed by atoms with Crippen molar-refractivity contribution >= 4 is 60.8 Å². The molecule has 1 N–H and O–H groups in total. The van der Waals surface area contributed by atoms with Crippen LogP contribution in [-0.4, -0.2) is 21.2 Å². The lowest BCUT2D eigenvalue weighted by molar-refractivity contribution is -0.113. The molecule has 8 heteroatoms. The van der Waals surface area contributed by atoms with Crippen molar-refractivity contribution in [3.63, 3.8) is 0 Å². The van der Waals surface area contributed by atoms with Gasteiger partial charge in [0.15, 0.2) is 5.16 Å². The lowest BCUT2D eigenvalue weighted by Gasteiger charge is -2.15. The van der Waals surface area contributed by atoms with E-state index in [-0.39, 0.29) is 23.3 Å². The maximum Gasteiger partial charge on any atom is 0.263 e. The quantitative estimate of drug-likeness (QED) is 0.389. The summed E-state index contributed by atoms with van der Waals surface area (Å²) < 4.78 is 2.65. The van der Waals surface area contributed by atoms with E-state index in [0.717, 1.165) is 31.0 Å². The van der Waals surface area contributed by atoms with Crippen molar-refractivity contribution in [3.05, 3.63) is 49.0 Å². The zero-order valence-corrected chi connectivity index (χ0v) is 19.6. The number of fused-ring (bicyclic) bond motifs is 1. The molecule has 2 aromatic heterocycles. The van der Waals surface area contributed by atoms with Gasteiger partial charge in [0.25, 0.3) is 5.56 Å². The van der Waals surface area contributed by atoms with Gasteiger partial charge in [0, 0.05) is 21.1 Å². The number of aryl methyl sites for hydroxylation is 3. The second kappa shape index (κ2) is 8.39. The Morgan fingerprint density at radius 1 is 1.32 bits per heavy atom. The van der Waals surface area contributed by atoms with Crippen LogP contribution >= 0.6 is 39.0 Å². The molecule has 0 saturated carbocycles. The van der Waals surface area contributed by atoms with E-state index in [4.69, 9.17) is 4.98 Å². The highest BCUT2D eigenvalue weighted by atomic mass is 79.9. The van der Waals surface area contributed by atoms with Crippen LogP contribution in [0, 0.1) is 20.8 Å². The Morgan fingerprint density at radius 2 is 2.04 bits per heavy atom. The molecular weight excluding hydrogens is 458 g/mol. The topological polar surface area (TPSA) is 64.0 Å². The molecule has 0 aliphatic carbocycles. The van der Waals surface area contributed by atoms with Gasteiger partial charge < -0.3 is 5.32 Å². The molecule has 5 nitrogen and oxygen atoms in total. The number of benzene rings is 1. The summed E-state index contributed by atoms with van der Waals surface area (Å²) in [5.41, 5.74) is 2.72. The maximum atomic E-state index is 13.0. The Balaban J connectivity index is 1.86. The van der Waals surface area contributed by atoms with Crippen molar-refractivity contribution in [1.29, 1.82) is 0 Å². The Hall–Kier alpha value is -1.64. The zero-order chi connectivity index (χ0) is 20.6. The molecule has 28 heavy (non-hydrogen) atoms. The smallest absolute Gasteiger partial charge is 0.263 e. The number of nitrogens with one attached hydrogen (secondary N) is 1. The van der Waals surface area contributed by atoms with Crippen LogP contribution in [0.15, 0.2) is 32.6 Å². The number of hydrogen-bond acceptors (Lipinski definition) is 5. The summed E-state index contributed by atoms with van der Waals surface area (Å²) in [4.78, 5) is 32.0. The van der Waals surface area contributed by atoms with E-state index in [1.54, 1.807) is 4.57 Å². The van der Waals surface area contributed by atoms with Crippen molar-refractivity contribution in [2.45, 2.75) is 45.8 Å². The minimum Gasteiger partial charge on any atom is -0.325 e. The maximum absolute atomic E-state index is 13.0. The van der Waals surface area contributed by atoms with Gasteiger partial charge in [-0.3, -0.25) is 14.2 Å². The van der Waals surface area contributed by atoms with Crippen LogP contribution < -0.4 is 10.9 Å². The fourth-order valence-corrected chi connectivity index (χ4v) is 5.40. The van der Waals surface area contributed by atoms with Crippen LogP contribution in [0.3, 0.4) is 0 Å². The summed E-state index contributed by atoms with van der Waals surface area (Å²) >= 11 is 6.24. The molecule has 0 radical (unpaired) electrons. The third-order valence-electron chi connectivity index (χ3n) is 4.51. The first-order valence-corrected chi connectivity index (χ1v) is 11.5. The van der Waals surface area contributed by atoms with Gasteiger partial charge in [-0.05, 0) is 63.9 Å². The Morgan fingerprint density at radius 3 is 2.68 bits per heavy atom. The van der Waals surface area contributed by atoms with Gasteiger partial charge in [0.05, 0.1) is 11.1 Å². The van der Waals surface area contributed by atoms with E-state index in [1.807, 2.05) is 52.8 Å². The van der Waals surface area contributed by atoms with Gasteiger partial charge >= 0.3 is 0 Å². The zero-order valence-electron chi connectivity index (χ0n) is 16.4. The van der Waals surface area contributed by atoms with E-state index >= 15 is 0 Å². The molecule has 2 heterocycles. The highest BCUT2D eigenvalue weighted by molar-refractivity contribution is 9.10. The predicted octanol–water partition coefficient (Wildman–Crippen LogP) is 5.46. The number of thiophene rings is 1. The summed E-state index contributed by atoms with van der Waals surface area (Å²) in [5.74, 6) is 0.0578. The molecule has 0 unspecified atom stereocenters. The number of carbonyl (C=O) groups is 1. The SMILES string of the molecule is Cc1cc(Br)ccc1NC(=O)CSc1nc2sc(C)c(C)c2c(=O)n1C(C)C. The summed E-state index contributed by atoms with van der Waals surface area (Å²) in [6, 6.07) is 5.68. The van der Waals surface area contributed by atoms with Crippen LogP contribution in [0.1, 0.15) is 35.9 Å². The van der Waals surface area contributed by atoms with Crippen molar-refractivity contribution in [1.82, 2.24) is 9.55 Å². The number of nitrogens with zero attached hydrogens (tertiary/aromatic N) is 2. The van der Waals surface area contributed by atoms with Gasteiger partial charge in [-0.1, -0.05) is 27.7 Å². The molecular formula is C20H22BrN3O2S2. The highest BCUT2D eigenvalue weighted by Gasteiger charge is 2.19. The Labute approximate surface area is 180 Å². The number of carbonyl (C=O) groups excluding carboxylic acids is 1. The highest BCUT2D eigenvalue weighted by Crippen LogP contribution is 2.29. The first-order valence-electron chi connectivity index (χ1n) is 8.90. The average molecular weight is 480 g/mol. The Kier molecular flexibility index (Phi) is 6.31. The van der Waals surface area contributed by atoms with Gasteiger partial charge in [-0.25, -0.2) is 4.98 Å². The molecule has 0 saturated heterocycles. The fraction of sp³-hybridized carbons (Fsp3) is 0.350. The predicted molar refractivity (Wildman–Crippen MR) is 122 cm³/mol. The van der Waals surface area contributed by atoms with Crippen LogP contribution in [0.5, 0.6) is 0 Å². The fourth-order valence-electron chi connectivity index (χ4n) is 2.93. The molecule has 0 fully saturated rings. The second-order valence-electron chi connectivity index (χ2n) is 6.92. The monoisotopic (exact) mass is 479 g/mol. The standard InChI is InChI=1S/C20H22BrN3O2S2/c1-10(2)24-19(26)17-12(4)13(5)28-18(17)23-20(24)27-9-16(25)22-15-7-6-14(21)8-11(15)3/h6-8,10H,9H2,1-5H3,(H,22,25). The Bertz CT molecular complexity index is 1120. The average Bonchev–Trinajstić information content (AvgIpc) is 2.89. The normalized spacial score (nSPS) is 11.4. The van der Waals surface area contributed by atoms with Gasteiger partial charge in [-0.15, -0.1) is 11.3 Å². The minimum atomic E-state index is -0.126. The summed E-state index contributed by atoms with van der Waals surface area (Å²) in [6.07, 6.45) is 0. The number of thioether (sulfide) groups is 1. The van der Waals surface area contributed by atoms with Gasteiger partial charge in [0.2, 0.25) is 5.91 Å². The van der Waals surface area contributed by atoms with E-state index in [2.05, 4.69) is 21.2 Å². The van der Waals surface area contributed by atoms with E-state index in [9.17, 15) is 9.59 Å². The third-order valence-corrected chi connectivity index (χ3v) is 7.06. The van der Waals surface area contributed by atoms with Crippen molar-refractivity contribution in [2.24, 2.45) is 0 Å². The number of amides is 1. The summed E-state index contributed by atoms with van der Waals surface area (Å²) in [6.45, 7) is 9.82. The van der Waals surface area contributed by atoms with Crippen molar-refractivity contribution < 1.29 is 4.79 Å². The van der Waals surface area contributed by atoms with Gasteiger partial charge in [-0.2, -0.15) is 0 Å². The van der Waals surface area contributed by atoms with Crippen LogP contribution in [0.2, 0.25) is 0 Å². The molecule has 0 bridgehead atoms. The molecule has 0 aliphatic heterocycles. The molecule has 0 aliphatic rings. The lowest BCUT2D eigenvalue weighted by Crippen LogP contribution is -2.25. The lowest BCUT2D eigenvalue weighted by atomic mass is 10.2.